The third-order valence-corrected chi connectivity index (χ3v) is 3.94. The van der Waals surface area contributed by atoms with Gasteiger partial charge in [0.05, 0.1) is 21.3 Å². The Hall–Kier alpha value is -2.28. The second-order valence-corrected chi connectivity index (χ2v) is 5.44. The van der Waals surface area contributed by atoms with Gasteiger partial charge < -0.3 is 24.3 Å². The average molecular weight is 337 g/mol. The third kappa shape index (κ3) is 4.38. The van der Waals surface area contributed by atoms with Crippen LogP contribution in [0.3, 0.4) is 0 Å². The summed E-state index contributed by atoms with van der Waals surface area (Å²) in [5.41, 5.74) is 1.02. The van der Waals surface area contributed by atoms with Crippen molar-refractivity contribution in [1.29, 1.82) is 0 Å². The van der Waals surface area contributed by atoms with Crippen LogP contribution in [0.25, 0.3) is 0 Å². The molecule has 1 saturated heterocycles. The normalized spacial score (nSPS) is 19.6. The van der Waals surface area contributed by atoms with Gasteiger partial charge in [0.1, 0.15) is 6.10 Å². The molecule has 1 fully saturated rings. The monoisotopic (exact) mass is 337 g/mol. The first-order valence-corrected chi connectivity index (χ1v) is 7.81. The molecule has 0 unspecified atom stereocenters. The van der Waals surface area contributed by atoms with Crippen molar-refractivity contribution < 1.29 is 28.5 Å². The fourth-order valence-electron chi connectivity index (χ4n) is 2.61. The summed E-state index contributed by atoms with van der Waals surface area (Å²) in [4.78, 5) is 23.5. The highest BCUT2D eigenvalue weighted by Gasteiger charge is 2.35. The number of amides is 1. The highest BCUT2D eigenvalue weighted by molar-refractivity contribution is 5.82. The molecular formula is C17H23NO6. The van der Waals surface area contributed by atoms with E-state index in [-0.39, 0.29) is 5.91 Å². The number of esters is 1. The summed E-state index contributed by atoms with van der Waals surface area (Å²) < 4.78 is 20.5. The maximum Gasteiger partial charge on any atom is 0.335 e. The number of ether oxygens (including phenoxy) is 4. The molecule has 1 amide bonds. The van der Waals surface area contributed by atoms with Crippen LogP contribution in [0.15, 0.2) is 18.2 Å². The van der Waals surface area contributed by atoms with Gasteiger partial charge in [0.2, 0.25) is 5.91 Å². The van der Waals surface area contributed by atoms with Crippen LogP contribution in [0, 0.1) is 0 Å². The minimum Gasteiger partial charge on any atom is -0.493 e. The first-order chi connectivity index (χ1) is 11.6. The average Bonchev–Trinajstić information content (AvgIpc) is 3.11. The van der Waals surface area contributed by atoms with Crippen molar-refractivity contribution in [3.05, 3.63) is 23.8 Å². The Bertz CT molecular complexity index is 588. The van der Waals surface area contributed by atoms with Crippen molar-refractivity contribution >= 4 is 11.9 Å². The van der Waals surface area contributed by atoms with E-state index in [0.29, 0.717) is 37.3 Å². The summed E-state index contributed by atoms with van der Waals surface area (Å²) in [7, 11) is 4.47. The van der Waals surface area contributed by atoms with Gasteiger partial charge in [-0.1, -0.05) is 6.07 Å². The van der Waals surface area contributed by atoms with Crippen molar-refractivity contribution in [2.24, 2.45) is 0 Å². The third-order valence-electron chi connectivity index (χ3n) is 3.94. The van der Waals surface area contributed by atoms with Gasteiger partial charge >= 0.3 is 5.97 Å². The predicted molar refractivity (Wildman–Crippen MR) is 86.2 cm³/mol. The van der Waals surface area contributed by atoms with E-state index in [1.165, 1.54) is 7.11 Å². The van der Waals surface area contributed by atoms with E-state index in [1.807, 2.05) is 18.2 Å². The topological polar surface area (TPSA) is 83.1 Å². The second-order valence-electron chi connectivity index (χ2n) is 5.44. The Labute approximate surface area is 141 Å². The van der Waals surface area contributed by atoms with Crippen LogP contribution in [-0.4, -0.2) is 52.0 Å². The van der Waals surface area contributed by atoms with Crippen LogP contribution in [0.4, 0.5) is 0 Å². The van der Waals surface area contributed by atoms with Gasteiger partial charge in [-0.3, -0.25) is 4.79 Å². The molecule has 1 aliphatic heterocycles. The van der Waals surface area contributed by atoms with Gasteiger partial charge in [-0.2, -0.15) is 0 Å². The molecule has 2 rings (SSSR count). The first kappa shape index (κ1) is 18.1. The highest BCUT2D eigenvalue weighted by Crippen LogP contribution is 2.27. The number of rotatable bonds is 7. The Balaban J connectivity index is 1.80. The van der Waals surface area contributed by atoms with E-state index < -0.39 is 18.2 Å². The molecule has 24 heavy (non-hydrogen) atoms. The van der Waals surface area contributed by atoms with E-state index in [0.717, 1.165) is 5.56 Å². The molecule has 7 heteroatoms. The molecule has 1 aromatic rings. The van der Waals surface area contributed by atoms with Crippen LogP contribution in [0.1, 0.15) is 18.4 Å². The minimum atomic E-state index is -0.642. The fraction of sp³-hybridized carbons (Fsp3) is 0.529. The molecule has 0 aromatic heterocycles. The Morgan fingerprint density at radius 3 is 2.50 bits per heavy atom. The lowest BCUT2D eigenvalue weighted by Gasteiger charge is -2.13. The molecule has 1 aliphatic rings. The molecule has 0 spiro atoms. The first-order valence-electron chi connectivity index (χ1n) is 7.81. The standard InChI is InChI=1S/C17H23NO6/c1-21-12-5-4-11(10-15(12)22-2)8-9-18-16(19)13-6-7-14(24-13)17(20)23-3/h4-5,10,13-14H,6-9H2,1-3H3,(H,18,19)/t13-,14-/m0/s1. The number of methoxy groups -OCH3 is 3. The van der Waals surface area contributed by atoms with Gasteiger partial charge in [-0.25, -0.2) is 4.79 Å². The number of hydrogen-bond acceptors (Lipinski definition) is 6. The summed E-state index contributed by atoms with van der Waals surface area (Å²) in [6.07, 6.45) is 0.429. The zero-order valence-corrected chi connectivity index (χ0v) is 14.2. The Morgan fingerprint density at radius 1 is 1.12 bits per heavy atom. The molecule has 0 radical (unpaired) electrons. The number of hydrogen-bond donors (Lipinski definition) is 1. The Morgan fingerprint density at radius 2 is 1.83 bits per heavy atom. The summed E-state index contributed by atoms with van der Waals surface area (Å²) >= 11 is 0. The molecule has 0 bridgehead atoms. The summed E-state index contributed by atoms with van der Waals surface area (Å²) in [5.74, 6) is 0.678. The Kier molecular flexibility index (Phi) is 6.43. The quantitative estimate of drug-likeness (QED) is 0.750. The van der Waals surface area contributed by atoms with Crippen molar-refractivity contribution in [3.8, 4) is 11.5 Å². The van der Waals surface area contributed by atoms with Gasteiger partial charge in [0, 0.05) is 6.54 Å². The van der Waals surface area contributed by atoms with E-state index in [4.69, 9.17) is 14.2 Å². The molecule has 0 aliphatic carbocycles. The van der Waals surface area contributed by atoms with E-state index in [9.17, 15) is 9.59 Å². The predicted octanol–water partition coefficient (Wildman–Crippen LogP) is 1.08. The fourth-order valence-corrected chi connectivity index (χ4v) is 2.61. The molecule has 0 saturated carbocycles. The molecule has 1 heterocycles. The smallest absolute Gasteiger partial charge is 0.335 e. The van der Waals surface area contributed by atoms with Gasteiger partial charge in [-0.05, 0) is 37.0 Å². The van der Waals surface area contributed by atoms with Crippen LogP contribution in [0.5, 0.6) is 11.5 Å². The summed E-state index contributed by atoms with van der Waals surface area (Å²) in [5, 5.41) is 2.83. The lowest BCUT2D eigenvalue weighted by atomic mass is 10.1. The number of benzene rings is 1. The number of carbonyl (C=O) groups is 2. The SMILES string of the molecule is COC(=O)[C@@H]1CC[C@@H](C(=O)NCCc2ccc(OC)c(OC)c2)O1. The van der Waals surface area contributed by atoms with E-state index in [2.05, 4.69) is 10.1 Å². The van der Waals surface area contributed by atoms with Crippen LogP contribution in [-0.2, 0) is 25.5 Å². The lowest BCUT2D eigenvalue weighted by molar-refractivity contribution is -0.155. The highest BCUT2D eigenvalue weighted by atomic mass is 16.6. The molecule has 7 nitrogen and oxygen atoms in total. The van der Waals surface area contributed by atoms with E-state index >= 15 is 0 Å². The van der Waals surface area contributed by atoms with Crippen molar-refractivity contribution in [2.45, 2.75) is 31.5 Å². The van der Waals surface area contributed by atoms with Crippen LogP contribution < -0.4 is 14.8 Å². The maximum absolute atomic E-state index is 12.1. The summed E-state index contributed by atoms with van der Waals surface area (Å²) in [6, 6.07) is 5.63. The lowest BCUT2D eigenvalue weighted by Crippen LogP contribution is -2.36. The zero-order chi connectivity index (χ0) is 17.5. The summed E-state index contributed by atoms with van der Waals surface area (Å²) in [6.45, 7) is 0.469. The van der Waals surface area contributed by atoms with Crippen LogP contribution in [0.2, 0.25) is 0 Å². The molecule has 132 valence electrons. The van der Waals surface area contributed by atoms with Gasteiger partial charge in [0.25, 0.3) is 0 Å². The molecular weight excluding hydrogens is 314 g/mol. The van der Waals surface area contributed by atoms with Crippen LogP contribution >= 0.6 is 0 Å². The molecule has 1 aromatic carbocycles. The minimum absolute atomic E-state index is 0.207. The van der Waals surface area contributed by atoms with Gasteiger partial charge in [-0.15, -0.1) is 0 Å². The van der Waals surface area contributed by atoms with Crippen molar-refractivity contribution in [1.82, 2.24) is 5.32 Å². The maximum atomic E-state index is 12.1. The van der Waals surface area contributed by atoms with Crippen molar-refractivity contribution in [3.63, 3.8) is 0 Å². The van der Waals surface area contributed by atoms with E-state index in [1.54, 1.807) is 14.2 Å². The number of nitrogens with one attached hydrogen (secondary N) is 1. The second kappa shape index (κ2) is 8.54. The number of carbonyl (C=O) groups excluding carboxylic acids is 2. The molecule has 1 N–H and O–H groups in total. The van der Waals surface area contributed by atoms with Crippen molar-refractivity contribution in [2.75, 3.05) is 27.9 Å². The van der Waals surface area contributed by atoms with Gasteiger partial charge in [0.15, 0.2) is 17.6 Å². The largest absolute Gasteiger partial charge is 0.493 e. The zero-order valence-electron chi connectivity index (χ0n) is 14.2. The molecule has 2 atom stereocenters.